The summed E-state index contributed by atoms with van der Waals surface area (Å²) in [6.45, 7) is 6.32. The van der Waals surface area contributed by atoms with E-state index >= 15 is 0 Å². The number of rotatable bonds is 2. The van der Waals surface area contributed by atoms with Crippen LogP contribution in [0.1, 0.15) is 41.0 Å². The molecular weight excluding hydrogens is 392 g/mol. The van der Waals surface area contributed by atoms with Gasteiger partial charge < -0.3 is 14.5 Å². The molecule has 0 radical (unpaired) electrons. The summed E-state index contributed by atoms with van der Waals surface area (Å²) < 4.78 is 5.90. The molecule has 2 aliphatic heterocycles. The predicted molar refractivity (Wildman–Crippen MR) is 118 cm³/mol. The Morgan fingerprint density at radius 1 is 1.03 bits per heavy atom. The van der Waals surface area contributed by atoms with Crippen molar-refractivity contribution in [3.8, 4) is 5.75 Å². The van der Waals surface area contributed by atoms with Gasteiger partial charge in [-0.2, -0.15) is 0 Å². The zero-order valence-corrected chi connectivity index (χ0v) is 17.7. The van der Waals surface area contributed by atoms with Crippen LogP contribution in [0.5, 0.6) is 5.75 Å². The molecule has 31 heavy (non-hydrogen) atoms. The highest BCUT2D eigenvalue weighted by atomic mass is 16.5. The predicted octanol–water partition coefficient (Wildman–Crippen LogP) is 3.34. The van der Waals surface area contributed by atoms with Gasteiger partial charge in [-0.05, 0) is 44.2 Å². The van der Waals surface area contributed by atoms with Crippen LogP contribution in [0, 0.1) is 0 Å². The summed E-state index contributed by atoms with van der Waals surface area (Å²) in [5.41, 5.74) is 2.24. The van der Waals surface area contributed by atoms with Gasteiger partial charge in [0.05, 0.1) is 29.2 Å². The summed E-state index contributed by atoms with van der Waals surface area (Å²) in [7, 11) is 0. The van der Waals surface area contributed by atoms with E-state index in [-0.39, 0.29) is 11.7 Å². The Morgan fingerprint density at radius 2 is 1.77 bits per heavy atom. The Kier molecular flexibility index (Phi) is 4.61. The Bertz CT molecular complexity index is 1180. The molecule has 7 heteroatoms. The van der Waals surface area contributed by atoms with Crippen LogP contribution < -0.4 is 9.64 Å². The van der Waals surface area contributed by atoms with Gasteiger partial charge in [0, 0.05) is 31.7 Å². The number of carbonyl (C=O) groups is 2. The number of piperazine rings is 1. The van der Waals surface area contributed by atoms with Gasteiger partial charge in [-0.15, -0.1) is 0 Å². The van der Waals surface area contributed by atoms with Gasteiger partial charge in [-0.1, -0.05) is 12.1 Å². The summed E-state index contributed by atoms with van der Waals surface area (Å²) in [5, 5.41) is 0. The Hall–Kier alpha value is -3.48. The first-order valence-electron chi connectivity index (χ1n) is 10.5. The monoisotopic (exact) mass is 416 g/mol. The molecule has 1 saturated heterocycles. The van der Waals surface area contributed by atoms with Gasteiger partial charge in [0.15, 0.2) is 5.78 Å². The third-order valence-corrected chi connectivity index (χ3v) is 5.83. The smallest absolute Gasteiger partial charge is 0.254 e. The van der Waals surface area contributed by atoms with Crippen molar-refractivity contribution in [2.75, 3.05) is 31.1 Å². The summed E-state index contributed by atoms with van der Waals surface area (Å²) in [6, 6.07) is 13.0. The van der Waals surface area contributed by atoms with E-state index in [0.29, 0.717) is 49.5 Å². The summed E-state index contributed by atoms with van der Waals surface area (Å²) in [4.78, 5) is 38.7. The third-order valence-electron chi connectivity index (χ3n) is 5.83. The minimum Gasteiger partial charge on any atom is -0.487 e. The van der Waals surface area contributed by atoms with Crippen molar-refractivity contribution in [2.24, 2.45) is 0 Å². The van der Waals surface area contributed by atoms with Crippen molar-refractivity contribution in [2.45, 2.75) is 25.9 Å². The number of carbonyl (C=O) groups excluding carboxylic acids is 2. The molecule has 2 aromatic carbocycles. The lowest BCUT2D eigenvalue weighted by atomic mass is 9.92. The van der Waals surface area contributed by atoms with Crippen molar-refractivity contribution in [3.63, 3.8) is 0 Å². The number of aromatic nitrogens is 2. The molecule has 0 saturated carbocycles. The lowest BCUT2D eigenvalue weighted by Gasteiger charge is -2.35. The van der Waals surface area contributed by atoms with Crippen molar-refractivity contribution in [1.29, 1.82) is 0 Å². The van der Waals surface area contributed by atoms with E-state index in [1.165, 1.54) is 0 Å². The maximum absolute atomic E-state index is 13.1. The average molecular weight is 416 g/mol. The van der Waals surface area contributed by atoms with Crippen LogP contribution in [-0.2, 0) is 0 Å². The lowest BCUT2D eigenvalue weighted by Crippen LogP contribution is -2.49. The van der Waals surface area contributed by atoms with E-state index in [1.807, 2.05) is 43.0 Å². The quantitative estimate of drug-likeness (QED) is 0.638. The van der Waals surface area contributed by atoms with E-state index in [0.717, 1.165) is 16.9 Å². The van der Waals surface area contributed by atoms with Gasteiger partial charge in [0.1, 0.15) is 17.2 Å². The lowest BCUT2D eigenvalue weighted by molar-refractivity contribution is 0.0619. The molecule has 0 spiro atoms. The first-order valence-corrected chi connectivity index (χ1v) is 10.5. The molecular formula is C24H24N4O3. The van der Waals surface area contributed by atoms with Gasteiger partial charge in [0.25, 0.3) is 5.91 Å². The fourth-order valence-electron chi connectivity index (χ4n) is 4.21. The van der Waals surface area contributed by atoms with E-state index in [1.54, 1.807) is 24.4 Å². The van der Waals surface area contributed by atoms with Crippen LogP contribution in [0.15, 0.2) is 48.7 Å². The Morgan fingerprint density at radius 3 is 2.55 bits per heavy atom. The first kappa shape index (κ1) is 19.5. The number of anilines is 1. The SMILES string of the molecule is CC1(C)CC(=O)c2cc(C(=O)N3CCN(c4cnc5ccccc5n4)CC3)ccc2O1. The van der Waals surface area contributed by atoms with Crippen LogP contribution in [0.4, 0.5) is 5.82 Å². The van der Waals surface area contributed by atoms with Crippen LogP contribution in [0.3, 0.4) is 0 Å². The average Bonchev–Trinajstić information content (AvgIpc) is 2.77. The maximum Gasteiger partial charge on any atom is 0.254 e. The fraction of sp³-hybridized carbons (Fsp3) is 0.333. The van der Waals surface area contributed by atoms with Crippen molar-refractivity contribution in [1.82, 2.24) is 14.9 Å². The molecule has 7 nitrogen and oxygen atoms in total. The second-order valence-electron chi connectivity index (χ2n) is 8.67. The van der Waals surface area contributed by atoms with Crippen LogP contribution in [0.25, 0.3) is 11.0 Å². The number of amides is 1. The highest BCUT2D eigenvalue weighted by Crippen LogP contribution is 2.33. The van der Waals surface area contributed by atoms with E-state index in [9.17, 15) is 9.59 Å². The van der Waals surface area contributed by atoms with Crippen molar-refractivity contribution < 1.29 is 14.3 Å². The zero-order chi connectivity index (χ0) is 21.6. The number of ketones is 1. The van der Waals surface area contributed by atoms with Gasteiger partial charge in [0.2, 0.25) is 0 Å². The molecule has 0 unspecified atom stereocenters. The molecule has 1 amide bonds. The van der Waals surface area contributed by atoms with Gasteiger partial charge in [-0.3, -0.25) is 14.6 Å². The number of benzene rings is 2. The highest BCUT2D eigenvalue weighted by molar-refractivity contribution is 6.03. The van der Waals surface area contributed by atoms with Crippen molar-refractivity contribution in [3.05, 3.63) is 59.8 Å². The molecule has 1 aromatic heterocycles. The van der Waals surface area contributed by atoms with Crippen LogP contribution in [0.2, 0.25) is 0 Å². The van der Waals surface area contributed by atoms with E-state index in [4.69, 9.17) is 9.72 Å². The highest BCUT2D eigenvalue weighted by Gasteiger charge is 2.33. The topological polar surface area (TPSA) is 75.6 Å². The summed E-state index contributed by atoms with van der Waals surface area (Å²) in [6.07, 6.45) is 2.10. The normalized spacial score (nSPS) is 17.9. The molecule has 158 valence electrons. The molecule has 0 atom stereocenters. The van der Waals surface area contributed by atoms with Crippen LogP contribution >= 0.6 is 0 Å². The largest absolute Gasteiger partial charge is 0.487 e. The minimum absolute atomic E-state index is 0.0144. The molecule has 0 N–H and O–H groups in total. The fourth-order valence-corrected chi connectivity index (χ4v) is 4.21. The Labute approximate surface area is 180 Å². The van der Waals surface area contributed by atoms with E-state index in [2.05, 4.69) is 9.88 Å². The zero-order valence-electron chi connectivity index (χ0n) is 17.7. The number of para-hydroxylation sites is 2. The van der Waals surface area contributed by atoms with Crippen molar-refractivity contribution >= 4 is 28.5 Å². The molecule has 1 fully saturated rings. The third kappa shape index (κ3) is 3.71. The molecule has 0 bridgehead atoms. The molecule has 3 aromatic rings. The second kappa shape index (κ2) is 7.34. The minimum atomic E-state index is -0.516. The standard InChI is InChI=1S/C24H24N4O3/c1-24(2)14-20(29)17-13-16(7-8-21(17)31-24)23(30)28-11-9-27(10-12-28)22-15-25-18-5-3-4-6-19(18)26-22/h3-8,13,15H,9-12,14H2,1-2H3. The number of nitrogens with zero attached hydrogens (tertiary/aromatic N) is 4. The number of hydrogen-bond acceptors (Lipinski definition) is 6. The number of Topliss-reactive ketones (excluding diaryl/α,β-unsaturated/α-hetero) is 1. The summed E-state index contributed by atoms with van der Waals surface area (Å²) >= 11 is 0. The maximum atomic E-state index is 13.1. The number of hydrogen-bond donors (Lipinski definition) is 0. The molecule has 0 aliphatic carbocycles. The van der Waals surface area contributed by atoms with E-state index < -0.39 is 5.60 Å². The van der Waals surface area contributed by atoms with Crippen LogP contribution in [-0.4, -0.2) is 58.3 Å². The molecule has 3 heterocycles. The van der Waals surface area contributed by atoms with Gasteiger partial charge >= 0.3 is 0 Å². The number of ether oxygens (including phenoxy) is 1. The molecule has 5 rings (SSSR count). The van der Waals surface area contributed by atoms with Gasteiger partial charge in [-0.25, -0.2) is 4.98 Å². The Balaban J connectivity index is 1.29. The first-order chi connectivity index (χ1) is 14.9. The second-order valence-corrected chi connectivity index (χ2v) is 8.67. The summed E-state index contributed by atoms with van der Waals surface area (Å²) in [5.74, 6) is 1.33. The number of fused-ring (bicyclic) bond motifs is 2. The molecule has 2 aliphatic rings.